The highest BCUT2D eigenvalue weighted by Crippen LogP contribution is 2.36. The fourth-order valence-electron chi connectivity index (χ4n) is 8.96. The minimum absolute atomic E-state index is 0.0135. The van der Waals surface area contributed by atoms with Gasteiger partial charge in [0.1, 0.15) is 11.9 Å². The number of carbonyl (C=O) groups excluding carboxylic acids is 4. The maximum atomic E-state index is 13.9. The van der Waals surface area contributed by atoms with Crippen LogP contribution in [0.4, 0.5) is 9.59 Å². The van der Waals surface area contributed by atoms with Gasteiger partial charge in [0.2, 0.25) is 5.91 Å². The number of allylic oxidation sites excluding steroid dienone is 1. The number of benzene rings is 3. The van der Waals surface area contributed by atoms with Crippen LogP contribution in [0.2, 0.25) is 0 Å². The van der Waals surface area contributed by atoms with E-state index >= 15 is 0 Å². The third-order valence-corrected chi connectivity index (χ3v) is 12.0. The topological polar surface area (TPSA) is 158 Å². The Morgan fingerprint density at radius 3 is 2.12 bits per heavy atom. The molecular formula is C45H49N7O6. The number of hydrogen-bond donors (Lipinski definition) is 3. The molecule has 13 heteroatoms. The summed E-state index contributed by atoms with van der Waals surface area (Å²) in [5.74, 6) is 0.590. The summed E-state index contributed by atoms with van der Waals surface area (Å²) in [7, 11) is 2.64. The average Bonchev–Trinajstić information content (AvgIpc) is 4.12. The molecule has 13 nitrogen and oxygen atoms in total. The van der Waals surface area contributed by atoms with Crippen LogP contribution in [0.5, 0.6) is 0 Å². The second kappa shape index (κ2) is 17.1. The monoisotopic (exact) mass is 783 g/mol. The van der Waals surface area contributed by atoms with Crippen molar-refractivity contribution >= 4 is 35.3 Å². The first-order chi connectivity index (χ1) is 28.3. The normalized spacial score (nSPS) is 22.0. The molecule has 3 N–H and O–H groups in total. The zero-order valence-corrected chi connectivity index (χ0v) is 32.9. The van der Waals surface area contributed by atoms with Crippen molar-refractivity contribution in [1.82, 2.24) is 30.4 Å². The van der Waals surface area contributed by atoms with Crippen LogP contribution in [0.25, 0.3) is 28.0 Å². The third-order valence-electron chi connectivity index (χ3n) is 12.0. The molecule has 0 unspecified atom stereocenters. The second-order valence-electron chi connectivity index (χ2n) is 15.5. The van der Waals surface area contributed by atoms with Crippen LogP contribution in [0, 0.1) is 5.92 Å². The summed E-state index contributed by atoms with van der Waals surface area (Å²) >= 11 is 0. The average molecular weight is 784 g/mol. The number of carbonyl (C=O) groups is 4. The number of methoxy groups -OCH3 is 2. The smallest absolute Gasteiger partial charge is 0.407 e. The summed E-state index contributed by atoms with van der Waals surface area (Å²) in [6.07, 6.45) is 9.02. The zero-order chi connectivity index (χ0) is 40.2. The standard InChI is InChI=1S/C45H49N7O6/c1-57-44(55)48-35-21-20-33(24-35)42(53)51-22-6-10-38(51)36-25-34(26-46-36)30-14-12-28(13-15-30)29-16-18-31(19-17-29)37-27-47-41(49-37)39-11-7-23-52(39)43(54)40(50-45(56)58-2)32-8-4-3-5-9-32/h3-5,8-9,12-19,26-27,33,35,38-40H,6-7,10-11,20-25H2,1-2H3,(H,47,49)(H,48,55)(H,50,56)/t33-,35+,38+,39+,40+/m1/s1. The van der Waals surface area contributed by atoms with Gasteiger partial charge in [-0.05, 0) is 78.3 Å². The second-order valence-corrected chi connectivity index (χ2v) is 15.5. The van der Waals surface area contributed by atoms with E-state index in [1.54, 1.807) is 4.90 Å². The van der Waals surface area contributed by atoms with Crippen molar-refractivity contribution < 1.29 is 28.7 Å². The van der Waals surface area contributed by atoms with Crippen LogP contribution in [0.1, 0.15) is 80.4 Å². The van der Waals surface area contributed by atoms with E-state index in [2.05, 4.69) is 64.1 Å². The lowest BCUT2D eigenvalue weighted by molar-refractivity contribution is -0.135. The Hall–Kier alpha value is -6.24. The Kier molecular flexibility index (Phi) is 11.4. The lowest BCUT2D eigenvalue weighted by atomic mass is 9.96. The highest BCUT2D eigenvalue weighted by atomic mass is 16.5. The minimum Gasteiger partial charge on any atom is -0.453 e. The Morgan fingerprint density at radius 1 is 0.759 bits per heavy atom. The molecular weight excluding hydrogens is 735 g/mol. The molecule has 3 fully saturated rings. The molecule has 0 radical (unpaired) electrons. The highest BCUT2D eigenvalue weighted by Gasteiger charge is 2.40. The van der Waals surface area contributed by atoms with Crippen LogP contribution in [0.3, 0.4) is 0 Å². The fraction of sp³-hybridized carbons (Fsp3) is 0.378. The van der Waals surface area contributed by atoms with Crippen molar-refractivity contribution in [3.8, 4) is 22.4 Å². The number of aromatic nitrogens is 2. The van der Waals surface area contributed by atoms with E-state index in [4.69, 9.17) is 19.5 Å². The Labute approximate surface area is 337 Å². The van der Waals surface area contributed by atoms with Gasteiger partial charge in [-0.15, -0.1) is 0 Å². The molecule has 0 bridgehead atoms. The van der Waals surface area contributed by atoms with Crippen LogP contribution >= 0.6 is 0 Å². The molecule has 1 aromatic heterocycles. The summed E-state index contributed by atoms with van der Waals surface area (Å²) in [5.41, 5.74) is 8.01. The third kappa shape index (κ3) is 8.11. The number of amides is 4. The molecule has 4 aliphatic rings. The first-order valence-corrected chi connectivity index (χ1v) is 20.2. The molecule has 3 aliphatic heterocycles. The van der Waals surface area contributed by atoms with E-state index in [0.29, 0.717) is 24.4 Å². The van der Waals surface area contributed by atoms with Gasteiger partial charge in [-0.25, -0.2) is 14.6 Å². The summed E-state index contributed by atoms with van der Waals surface area (Å²) in [6.45, 7) is 1.30. The molecule has 4 heterocycles. The van der Waals surface area contributed by atoms with Crippen LogP contribution < -0.4 is 10.6 Å². The number of aromatic amines is 1. The minimum atomic E-state index is -0.873. The van der Waals surface area contributed by atoms with Gasteiger partial charge in [0, 0.05) is 43.4 Å². The number of rotatable bonds is 10. The Balaban J connectivity index is 0.876. The maximum Gasteiger partial charge on any atom is 0.407 e. The first-order valence-electron chi connectivity index (χ1n) is 20.2. The van der Waals surface area contributed by atoms with Gasteiger partial charge in [0.15, 0.2) is 0 Å². The molecule has 1 aliphatic carbocycles. The highest BCUT2D eigenvalue weighted by molar-refractivity contribution is 6.03. The van der Waals surface area contributed by atoms with Gasteiger partial charge in [-0.3, -0.25) is 14.6 Å². The molecule has 1 saturated carbocycles. The van der Waals surface area contributed by atoms with Crippen molar-refractivity contribution in [2.45, 2.75) is 75.5 Å². The number of aliphatic imine (C=N–C) groups is 1. The predicted molar refractivity (Wildman–Crippen MR) is 219 cm³/mol. The van der Waals surface area contributed by atoms with Crippen molar-refractivity contribution in [3.63, 3.8) is 0 Å². The van der Waals surface area contributed by atoms with Crippen LogP contribution in [0.15, 0.2) is 96.3 Å². The van der Waals surface area contributed by atoms with E-state index in [1.807, 2.05) is 47.6 Å². The number of H-pyrrole nitrogens is 1. The molecule has 0 spiro atoms. The molecule has 2 saturated heterocycles. The molecule has 58 heavy (non-hydrogen) atoms. The summed E-state index contributed by atoms with van der Waals surface area (Å²) in [4.78, 5) is 68.2. The van der Waals surface area contributed by atoms with Crippen LogP contribution in [-0.4, -0.2) is 88.9 Å². The van der Waals surface area contributed by atoms with Gasteiger partial charge in [-0.1, -0.05) is 78.9 Å². The lowest BCUT2D eigenvalue weighted by Crippen LogP contribution is -2.43. The maximum absolute atomic E-state index is 13.9. The van der Waals surface area contributed by atoms with Gasteiger partial charge in [0.05, 0.1) is 38.2 Å². The molecule has 4 amide bonds. The van der Waals surface area contributed by atoms with E-state index < -0.39 is 18.2 Å². The van der Waals surface area contributed by atoms with E-state index in [-0.39, 0.29) is 35.9 Å². The SMILES string of the molecule is COC(=O)N[C@H]1CC[C@@H](C(=O)N2CCC[C@H]2C2=NC=C(c3ccc(-c4ccc(-c5cnc([C@@H]6CCCN6C(=O)[C@@H](NC(=O)OC)c6ccccc6)[nH]5)cc4)cc3)C2)C1. The first kappa shape index (κ1) is 38.6. The molecule has 3 aromatic carbocycles. The number of ether oxygens (including phenoxy) is 2. The number of alkyl carbamates (subject to hydrolysis) is 2. The van der Waals surface area contributed by atoms with Crippen molar-refractivity contribution in [2.24, 2.45) is 10.9 Å². The Bertz CT molecular complexity index is 2200. The van der Waals surface area contributed by atoms with Crippen LogP contribution in [-0.2, 0) is 19.1 Å². The fourth-order valence-corrected chi connectivity index (χ4v) is 8.96. The molecule has 300 valence electrons. The number of likely N-dealkylation sites (tertiary alicyclic amines) is 2. The molecule has 5 atom stereocenters. The van der Waals surface area contributed by atoms with Crippen molar-refractivity contribution in [1.29, 1.82) is 0 Å². The van der Waals surface area contributed by atoms with Crippen molar-refractivity contribution in [3.05, 3.63) is 108 Å². The van der Waals surface area contributed by atoms with Gasteiger partial charge in [0.25, 0.3) is 5.91 Å². The number of nitrogens with one attached hydrogen (secondary N) is 3. The largest absolute Gasteiger partial charge is 0.453 e. The van der Waals surface area contributed by atoms with E-state index in [9.17, 15) is 19.2 Å². The van der Waals surface area contributed by atoms with Gasteiger partial charge >= 0.3 is 12.2 Å². The van der Waals surface area contributed by atoms with Crippen molar-refractivity contribution in [2.75, 3.05) is 27.3 Å². The molecule has 8 rings (SSSR count). The zero-order valence-electron chi connectivity index (χ0n) is 32.9. The number of nitrogens with zero attached hydrogens (tertiary/aromatic N) is 4. The van der Waals surface area contributed by atoms with Gasteiger partial charge in [-0.2, -0.15) is 0 Å². The summed E-state index contributed by atoms with van der Waals surface area (Å²) in [6, 6.07) is 24.9. The summed E-state index contributed by atoms with van der Waals surface area (Å²) < 4.78 is 9.57. The lowest BCUT2D eigenvalue weighted by Gasteiger charge is -2.28. The Morgan fingerprint density at radius 2 is 1.41 bits per heavy atom. The van der Waals surface area contributed by atoms with Gasteiger partial charge < -0.3 is 34.9 Å². The van der Waals surface area contributed by atoms with E-state index in [0.717, 1.165) is 90.7 Å². The number of imidazole rings is 1. The quantitative estimate of drug-likeness (QED) is 0.153. The number of hydrogen-bond acceptors (Lipinski definition) is 8. The summed E-state index contributed by atoms with van der Waals surface area (Å²) in [5, 5.41) is 5.57. The van der Waals surface area contributed by atoms with E-state index in [1.165, 1.54) is 14.2 Å². The predicted octanol–water partition coefficient (Wildman–Crippen LogP) is 7.21. The molecule has 4 aromatic rings.